The number of nitrogens with one attached hydrogen (secondary N) is 1. The summed E-state index contributed by atoms with van der Waals surface area (Å²) < 4.78 is 40.8. The van der Waals surface area contributed by atoms with Crippen molar-refractivity contribution in [2.24, 2.45) is 0 Å². The molecule has 19 heavy (non-hydrogen) atoms. The number of hydrogen-bond donors (Lipinski definition) is 2. The SMILES string of the molecule is O=C(O)c1ccc(NS(=O)(=O)N2CCCC2)c(F)c1. The second-order valence-corrected chi connectivity index (χ2v) is 5.88. The summed E-state index contributed by atoms with van der Waals surface area (Å²) in [6.07, 6.45) is 1.56. The van der Waals surface area contributed by atoms with Crippen LogP contribution in [0, 0.1) is 5.82 Å². The number of carbonyl (C=O) groups is 1. The summed E-state index contributed by atoms with van der Waals surface area (Å²) in [6, 6.07) is 3.03. The van der Waals surface area contributed by atoms with Crippen LogP contribution in [0.2, 0.25) is 0 Å². The van der Waals surface area contributed by atoms with E-state index in [9.17, 15) is 17.6 Å². The third-order valence-electron chi connectivity index (χ3n) is 2.86. The Labute approximate surface area is 110 Å². The lowest BCUT2D eigenvalue weighted by Crippen LogP contribution is -2.33. The zero-order chi connectivity index (χ0) is 14.0. The number of carboxylic acids is 1. The van der Waals surface area contributed by atoms with Crippen molar-refractivity contribution >= 4 is 21.9 Å². The fourth-order valence-electron chi connectivity index (χ4n) is 1.86. The van der Waals surface area contributed by atoms with E-state index in [1.165, 1.54) is 4.31 Å². The second-order valence-electron chi connectivity index (χ2n) is 4.21. The topological polar surface area (TPSA) is 86.7 Å². The molecule has 104 valence electrons. The molecule has 1 saturated heterocycles. The number of hydrogen-bond acceptors (Lipinski definition) is 3. The van der Waals surface area contributed by atoms with Gasteiger partial charge in [0.05, 0.1) is 11.3 Å². The first-order valence-electron chi connectivity index (χ1n) is 5.71. The largest absolute Gasteiger partial charge is 0.478 e. The predicted octanol–water partition coefficient (Wildman–Crippen LogP) is 1.28. The van der Waals surface area contributed by atoms with E-state index in [-0.39, 0.29) is 11.3 Å². The summed E-state index contributed by atoms with van der Waals surface area (Å²) in [7, 11) is -3.77. The molecular weight excluding hydrogens is 275 g/mol. The number of anilines is 1. The summed E-state index contributed by atoms with van der Waals surface area (Å²) in [5, 5.41) is 8.69. The van der Waals surface area contributed by atoms with E-state index in [1.54, 1.807) is 0 Å². The normalized spacial score (nSPS) is 16.5. The summed E-state index contributed by atoms with van der Waals surface area (Å²) in [6.45, 7) is 0.814. The molecule has 2 N–H and O–H groups in total. The highest BCUT2D eigenvalue weighted by Crippen LogP contribution is 2.20. The van der Waals surface area contributed by atoms with E-state index in [0.717, 1.165) is 31.0 Å². The van der Waals surface area contributed by atoms with Gasteiger partial charge in [-0.1, -0.05) is 0 Å². The molecule has 0 aliphatic carbocycles. The molecule has 0 bridgehead atoms. The summed E-state index contributed by atoms with van der Waals surface area (Å²) >= 11 is 0. The minimum absolute atomic E-state index is 0.235. The molecule has 0 amide bonds. The van der Waals surface area contributed by atoms with Crippen molar-refractivity contribution in [3.8, 4) is 0 Å². The average Bonchev–Trinajstić information content (AvgIpc) is 2.85. The fourth-order valence-corrected chi connectivity index (χ4v) is 3.17. The Morgan fingerprint density at radius 3 is 2.47 bits per heavy atom. The molecule has 1 heterocycles. The van der Waals surface area contributed by atoms with Crippen molar-refractivity contribution < 1.29 is 22.7 Å². The monoisotopic (exact) mass is 288 g/mol. The molecule has 0 radical (unpaired) electrons. The highest BCUT2D eigenvalue weighted by molar-refractivity contribution is 7.90. The molecule has 0 atom stereocenters. The van der Waals surface area contributed by atoms with Gasteiger partial charge in [-0.25, -0.2) is 9.18 Å². The Bertz CT molecular complexity index is 597. The van der Waals surface area contributed by atoms with Gasteiger partial charge >= 0.3 is 16.2 Å². The van der Waals surface area contributed by atoms with Gasteiger partial charge in [0.15, 0.2) is 0 Å². The van der Waals surface area contributed by atoms with Gasteiger partial charge in [-0.2, -0.15) is 12.7 Å². The lowest BCUT2D eigenvalue weighted by molar-refractivity contribution is 0.0696. The van der Waals surface area contributed by atoms with E-state index in [2.05, 4.69) is 4.72 Å². The van der Waals surface area contributed by atoms with Gasteiger partial charge < -0.3 is 5.11 Å². The number of benzene rings is 1. The maximum absolute atomic E-state index is 13.6. The molecule has 0 spiro atoms. The van der Waals surface area contributed by atoms with Crippen LogP contribution >= 0.6 is 0 Å². The molecule has 0 unspecified atom stereocenters. The van der Waals surface area contributed by atoms with Crippen LogP contribution < -0.4 is 4.72 Å². The molecule has 1 fully saturated rings. The molecule has 6 nitrogen and oxygen atoms in total. The molecule has 0 aromatic heterocycles. The quantitative estimate of drug-likeness (QED) is 0.873. The summed E-state index contributed by atoms with van der Waals surface area (Å²) in [5.74, 6) is -2.18. The number of rotatable bonds is 4. The smallest absolute Gasteiger partial charge is 0.335 e. The highest BCUT2D eigenvalue weighted by atomic mass is 32.2. The van der Waals surface area contributed by atoms with Crippen LogP contribution in [-0.4, -0.2) is 36.9 Å². The van der Waals surface area contributed by atoms with Gasteiger partial charge in [-0.15, -0.1) is 0 Å². The zero-order valence-electron chi connectivity index (χ0n) is 9.97. The Morgan fingerprint density at radius 2 is 1.95 bits per heavy atom. The first-order valence-corrected chi connectivity index (χ1v) is 7.15. The Balaban J connectivity index is 2.21. The van der Waals surface area contributed by atoms with E-state index < -0.39 is 22.0 Å². The van der Waals surface area contributed by atoms with Gasteiger partial charge in [0.25, 0.3) is 0 Å². The van der Waals surface area contributed by atoms with Crippen LogP contribution in [-0.2, 0) is 10.2 Å². The average molecular weight is 288 g/mol. The number of carboxylic acid groups (broad SMARTS) is 1. The van der Waals surface area contributed by atoms with E-state index in [1.807, 2.05) is 0 Å². The second kappa shape index (κ2) is 5.14. The van der Waals surface area contributed by atoms with E-state index in [4.69, 9.17) is 5.11 Å². The van der Waals surface area contributed by atoms with Crippen molar-refractivity contribution in [3.63, 3.8) is 0 Å². The van der Waals surface area contributed by atoms with Crippen molar-refractivity contribution in [2.75, 3.05) is 17.8 Å². The van der Waals surface area contributed by atoms with Crippen LogP contribution in [0.3, 0.4) is 0 Å². The molecule has 0 saturated carbocycles. The molecule has 1 aliphatic heterocycles. The van der Waals surface area contributed by atoms with Gasteiger partial charge in [0.2, 0.25) is 0 Å². The Kier molecular flexibility index (Phi) is 3.72. The van der Waals surface area contributed by atoms with Gasteiger partial charge in [0.1, 0.15) is 5.82 Å². The lowest BCUT2D eigenvalue weighted by atomic mass is 10.2. The van der Waals surface area contributed by atoms with Crippen molar-refractivity contribution in [1.29, 1.82) is 0 Å². The van der Waals surface area contributed by atoms with Crippen molar-refractivity contribution in [1.82, 2.24) is 4.31 Å². The molecule has 1 aromatic carbocycles. The predicted molar refractivity (Wildman–Crippen MR) is 66.7 cm³/mol. The lowest BCUT2D eigenvalue weighted by Gasteiger charge is -2.17. The van der Waals surface area contributed by atoms with Crippen molar-refractivity contribution in [3.05, 3.63) is 29.6 Å². The van der Waals surface area contributed by atoms with Gasteiger partial charge in [0, 0.05) is 13.1 Å². The van der Waals surface area contributed by atoms with Crippen LogP contribution in [0.4, 0.5) is 10.1 Å². The third-order valence-corrected chi connectivity index (χ3v) is 4.38. The number of halogens is 1. The highest BCUT2D eigenvalue weighted by Gasteiger charge is 2.26. The minimum atomic E-state index is -3.77. The minimum Gasteiger partial charge on any atom is -0.478 e. The molecule has 1 aromatic rings. The Hall–Kier alpha value is -1.67. The first kappa shape index (κ1) is 13.8. The molecule has 1 aliphatic rings. The van der Waals surface area contributed by atoms with Gasteiger partial charge in [-0.3, -0.25) is 4.72 Å². The molecular formula is C11H13FN2O4S. The van der Waals surface area contributed by atoms with Crippen LogP contribution in [0.5, 0.6) is 0 Å². The van der Waals surface area contributed by atoms with Crippen LogP contribution in [0.1, 0.15) is 23.2 Å². The van der Waals surface area contributed by atoms with Crippen LogP contribution in [0.15, 0.2) is 18.2 Å². The van der Waals surface area contributed by atoms with E-state index in [0.29, 0.717) is 13.1 Å². The van der Waals surface area contributed by atoms with E-state index >= 15 is 0 Å². The van der Waals surface area contributed by atoms with Crippen LogP contribution in [0.25, 0.3) is 0 Å². The standard InChI is InChI=1S/C11H13FN2O4S/c12-9-7-8(11(15)16)3-4-10(9)13-19(17,18)14-5-1-2-6-14/h3-4,7,13H,1-2,5-6H2,(H,15,16). The maximum Gasteiger partial charge on any atom is 0.335 e. The Morgan fingerprint density at radius 1 is 1.32 bits per heavy atom. The van der Waals surface area contributed by atoms with Gasteiger partial charge in [-0.05, 0) is 31.0 Å². The first-order chi connectivity index (χ1) is 8.90. The molecule has 8 heteroatoms. The van der Waals surface area contributed by atoms with Crippen molar-refractivity contribution in [2.45, 2.75) is 12.8 Å². The molecule has 2 rings (SSSR count). The number of nitrogens with zero attached hydrogens (tertiary/aromatic N) is 1. The fraction of sp³-hybridized carbons (Fsp3) is 0.364. The zero-order valence-corrected chi connectivity index (χ0v) is 10.8. The number of aromatic carboxylic acids is 1. The summed E-state index contributed by atoms with van der Waals surface area (Å²) in [4.78, 5) is 10.6. The summed E-state index contributed by atoms with van der Waals surface area (Å²) in [5.41, 5.74) is -0.487. The maximum atomic E-state index is 13.6. The third kappa shape index (κ3) is 3.02.